The Morgan fingerprint density at radius 1 is 1.53 bits per heavy atom. The number of hydrogen-bond donors (Lipinski definition) is 1. The maximum absolute atomic E-state index is 13.1. The molecule has 0 aliphatic carbocycles. The van der Waals surface area contributed by atoms with Crippen LogP contribution in [0.2, 0.25) is 0 Å². The maximum Gasteiger partial charge on any atom is 0.124 e. The zero-order valence-electron chi connectivity index (χ0n) is 11.5. The third kappa shape index (κ3) is 4.01. The Balaban J connectivity index is 2.07. The summed E-state index contributed by atoms with van der Waals surface area (Å²) in [4.78, 5) is 0. The van der Waals surface area contributed by atoms with E-state index >= 15 is 0 Å². The van der Waals surface area contributed by atoms with Crippen LogP contribution in [-0.4, -0.2) is 25.3 Å². The Morgan fingerprint density at radius 3 is 2.89 bits per heavy atom. The van der Waals surface area contributed by atoms with Crippen LogP contribution in [0.25, 0.3) is 0 Å². The van der Waals surface area contributed by atoms with E-state index in [1.807, 2.05) is 6.07 Å². The quantitative estimate of drug-likeness (QED) is 0.892. The van der Waals surface area contributed by atoms with Crippen molar-refractivity contribution in [3.05, 3.63) is 34.1 Å². The van der Waals surface area contributed by atoms with Crippen LogP contribution in [0.3, 0.4) is 0 Å². The molecule has 1 heterocycles. The molecule has 1 N–H and O–H groups in total. The van der Waals surface area contributed by atoms with Gasteiger partial charge in [0.1, 0.15) is 5.82 Å². The molecule has 3 atom stereocenters. The molecule has 1 aliphatic rings. The first-order valence-corrected chi connectivity index (χ1v) is 7.68. The lowest BCUT2D eigenvalue weighted by molar-refractivity contribution is 0.117. The van der Waals surface area contributed by atoms with Crippen LogP contribution < -0.4 is 5.32 Å². The van der Waals surface area contributed by atoms with E-state index in [9.17, 15) is 4.39 Å². The average molecular weight is 330 g/mol. The predicted molar refractivity (Wildman–Crippen MR) is 78.8 cm³/mol. The fourth-order valence-corrected chi connectivity index (χ4v) is 3.24. The van der Waals surface area contributed by atoms with E-state index < -0.39 is 0 Å². The van der Waals surface area contributed by atoms with Crippen LogP contribution >= 0.6 is 15.9 Å². The summed E-state index contributed by atoms with van der Waals surface area (Å²) in [6.45, 7) is 5.99. The van der Waals surface area contributed by atoms with Crippen molar-refractivity contribution in [2.75, 3.05) is 13.2 Å². The summed E-state index contributed by atoms with van der Waals surface area (Å²) < 4.78 is 19.6. The second-order valence-corrected chi connectivity index (χ2v) is 6.10. The molecular weight excluding hydrogens is 309 g/mol. The number of ether oxygens (including phenoxy) is 1. The highest BCUT2D eigenvalue weighted by Crippen LogP contribution is 2.27. The first kappa shape index (κ1) is 14.9. The predicted octanol–water partition coefficient (Wildman–Crippen LogP) is 3.53. The van der Waals surface area contributed by atoms with Crippen molar-refractivity contribution >= 4 is 15.9 Å². The van der Waals surface area contributed by atoms with E-state index in [-0.39, 0.29) is 5.82 Å². The van der Waals surface area contributed by atoms with Gasteiger partial charge in [-0.25, -0.2) is 4.39 Å². The molecule has 0 radical (unpaired) electrons. The van der Waals surface area contributed by atoms with Gasteiger partial charge in [0.2, 0.25) is 0 Å². The van der Waals surface area contributed by atoms with Crippen LogP contribution in [0.15, 0.2) is 22.7 Å². The molecule has 106 valence electrons. The van der Waals surface area contributed by atoms with E-state index in [4.69, 9.17) is 4.74 Å². The molecule has 0 amide bonds. The summed E-state index contributed by atoms with van der Waals surface area (Å²) >= 11 is 3.45. The Kier molecular flexibility index (Phi) is 5.37. The minimum absolute atomic E-state index is 0.201. The van der Waals surface area contributed by atoms with Gasteiger partial charge in [0.25, 0.3) is 0 Å². The first-order chi connectivity index (χ1) is 9.10. The number of hydrogen-bond acceptors (Lipinski definition) is 2. The molecule has 0 saturated carbocycles. The van der Waals surface area contributed by atoms with Crippen molar-refractivity contribution in [2.45, 2.75) is 38.8 Å². The summed E-state index contributed by atoms with van der Waals surface area (Å²) in [7, 11) is 0. The lowest BCUT2D eigenvalue weighted by Gasteiger charge is -2.24. The van der Waals surface area contributed by atoms with Crippen LogP contribution in [0.4, 0.5) is 4.39 Å². The standard InChI is InChI=1S/C15H21BrFNO/c1-3-18-15(12-6-10(2)19-9-12)7-11-4-5-13(17)8-14(11)16/h4-5,8,10,12,15,18H,3,6-7,9H2,1-2H3. The summed E-state index contributed by atoms with van der Waals surface area (Å²) in [5.41, 5.74) is 1.15. The lowest BCUT2D eigenvalue weighted by Crippen LogP contribution is -2.38. The summed E-state index contributed by atoms with van der Waals surface area (Å²) in [5.74, 6) is 0.334. The van der Waals surface area contributed by atoms with Crippen LogP contribution in [0.1, 0.15) is 25.8 Å². The van der Waals surface area contributed by atoms with Gasteiger partial charge in [-0.2, -0.15) is 0 Å². The Labute approximate surface area is 122 Å². The molecule has 2 nitrogen and oxygen atoms in total. The van der Waals surface area contributed by atoms with Crippen molar-refractivity contribution in [1.29, 1.82) is 0 Å². The number of halogens is 2. The molecule has 3 unspecified atom stereocenters. The highest BCUT2D eigenvalue weighted by molar-refractivity contribution is 9.10. The van der Waals surface area contributed by atoms with E-state index in [1.165, 1.54) is 12.1 Å². The van der Waals surface area contributed by atoms with Crippen molar-refractivity contribution in [1.82, 2.24) is 5.32 Å². The molecule has 2 rings (SSSR count). The maximum atomic E-state index is 13.1. The Bertz CT molecular complexity index is 427. The largest absolute Gasteiger partial charge is 0.378 e. The molecule has 0 spiro atoms. The SMILES string of the molecule is CCNC(Cc1ccc(F)cc1Br)C1COC(C)C1. The van der Waals surface area contributed by atoms with Gasteiger partial charge in [-0.05, 0) is 44.0 Å². The molecule has 1 fully saturated rings. The molecule has 0 bridgehead atoms. The number of rotatable bonds is 5. The second kappa shape index (κ2) is 6.82. The van der Waals surface area contributed by atoms with Gasteiger partial charge in [-0.1, -0.05) is 28.9 Å². The fraction of sp³-hybridized carbons (Fsp3) is 0.600. The van der Waals surface area contributed by atoms with Crippen molar-refractivity contribution in [2.24, 2.45) is 5.92 Å². The fourth-order valence-electron chi connectivity index (χ4n) is 2.72. The minimum atomic E-state index is -0.201. The highest BCUT2D eigenvalue weighted by atomic mass is 79.9. The third-order valence-electron chi connectivity index (χ3n) is 3.72. The average Bonchev–Trinajstić information content (AvgIpc) is 2.78. The molecule has 4 heteroatoms. The normalized spacial score (nSPS) is 24.6. The molecule has 1 aromatic rings. The van der Waals surface area contributed by atoms with Gasteiger partial charge in [-0.3, -0.25) is 0 Å². The van der Waals surface area contributed by atoms with Gasteiger partial charge < -0.3 is 10.1 Å². The molecule has 1 aliphatic heterocycles. The van der Waals surface area contributed by atoms with Gasteiger partial charge in [-0.15, -0.1) is 0 Å². The summed E-state index contributed by atoms with van der Waals surface area (Å²) in [6, 6.07) is 5.31. The van der Waals surface area contributed by atoms with Crippen molar-refractivity contribution in [3.8, 4) is 0 Å². The van der Waals surface area contributed by atoms with Crippen LogP contribution in [-0.2, 0) is 11.2 Å². The van der Waals surface area contributed by atoms with E-state index in [0.717, 1.165) is 36.0 Å². The lowest BCUT2D eigenvalue weighted by atomic mass is 9.91. The van der Waals surface area contributed by atoms with Crippen LogP contribution in [0, 0.1) is 11.7 Å². The Hall–Kier alpha value is -0.450. The van der Waals surface area contributed by atoms with Gasteiger partial charge in [0.15, 0.2) is 0 Å². The van der Waals surface area contributed by atoms with E-state index in [0.29, 0.717) is 18.1 Å². The monoisotopic (exact) mass is 329 g/mol. The van der Waals surface area contributed by atoms with Gasteiger partial charge in [0, 0.05) is 16.4 Å². The van der Waals surface area contributed by atoms with E-state index in [2.05, 4.69) is 35.1 Å². The molecule has 0 aromatic heterocycles. The number of likely N-dealkylation sites (N-methyl/N-ethyl adjacent to an activating group) is 1. The second-order valence-electron chi connectivity index (χ2n) is 5.24. The highest BCUT2D eigenvalue weighted by Gasteiger charge is 2.29. The smallest absolute Gasteiger partial charge is 0.124 e. The molecular formula is C15H21BrFNO. The summed E-state index contributed by atoms with van der Waals surface area (Å²) in [6.07, 6.45) is 2.34. The zero-order chi connectivity index (χ0) is 13.8. The van der Waals surface area contributed by atoms with Gasteiger partial charge in [0.05, 0.1) is 12.7 Å². The van der Waals surface area contributed by atoms with Crippen molar-refractivity contribution in [3.63, 3.8) is 0 Å². The van der Waals surface area contributed by atoms with Crippen molar-refractivity contribution < 1.29 is 9.13 Å². The molecule has 1 saturated heterocycles. The van der Waals surface area contributed by atoms with E-state index in [1.54, 1.807) is 0 Å². The third-order valence-corrected chi connectivity index (χ3v) is 4.46. The first-order valence-electron chi connectivity index (χ1n) is 6.89. The van der Waals surface area contributed by atoms with Crippen LogP contribution in [0.5, 0.6) is 0 Å². The number of nitrogens with one attached hydrogen (secondary N) is 1. The topological polar surface area (TPSA) is 21.3 Å². The molecule has 19 heavy (non-hydrogen) atoms. The minimum Gasteiger partial charge on any atom is -0.378 e. The summed E-state index contributed by atoms with van der Waals surface area (Å²) in [5, 5.41) is 3.54. The molecule has 1 aromatic carbocycles. The number of benzene rings is 1. The Morgan fingerprint density at radius 2 is 2.32 bits per heavy atom. The zero-order valence-corrected chi connectivity index (χ0v) is 13.0. The van der Waals surface area contributed by atoms with Gasteiger partial charge >= 0.3 is 0 Å².